The number of nitrogens with one attached hydrogen (secondary N) is 1. The van der Waals surface area contributed by atoms with Crippen LogP contribution in [0.1, 0.15) is 133 Å². The van der Waals surface area contributed by atoms with E-state index in [2.05, 4.69) is 42.6 Å². The van der Waals surface area contributed by atoms with E-state index < -0.39 is 0 Å². The first-order valence-electron chi connectivity index (χ1n) is 15.1. The van der Waals surface area contributed by atoms with Crippen molar-refractivity contribution in [2.24, 2.45) is 5.92 Å². The quantitative estimate of drug-likeness (QED) is 0.197. The lowest BCUT2D eigenvalue weighted by atomic mass is 9.90. The number of carbonyl (C=O) groups is 2. The van der Waals surface area contributed by atoms with Crippen molar-refractivity contribution in [2.45, 2.75) is 123 Å². The average Bonchev–Trinajstić information content (AvgIpc) is 2.91. The molecule has 203 valence electrons. The number of hydrogen-bond donors (Lipinski definition) is 1. The highest BCUT2D eigenvalue weighted by atomic mass is 16.2. The van der Waals surface area contributed by atoms with Crippen LogP contribution < -0.4 is 5.32 Å². The van der Waals surface area contributed by atoms with Crippen molar-refractivity contribution in [2.75, 3.05) is 19.6 Å². The molecule has 1 heterocycles. The van der Waals surface area contributed by atoms with Gasteiger partial charge in [0.25, 0.3) is 5.91 Å². The number of benzene rings is 1. The summed E-state index contributed by atoms with van der Waals surface area (Å²) in [6, 6.07) is 8.07. The summed E-state index contributed by atoms with van der Waals surface area (Å²) >= 11 is 0. The van der Waals surface area contributed by atoms with Crippen LogP contribution >= 0.6 is 0 Å². The zero-order valence-electron chi connectivity index (χ0n) is 23.4. The number of hydrogen-bond acceptors (Lipinski definition) is 2. The van der Waals surface area contributed by atoms with E-state index in [1.54, 1.807) is 0 Å². The maximum absolute atomic E-state index is 12.4. The number of unbranched alkanes of at least 4 members (excludes halogenated alkanes) is 11. The topological polar surface area (TPSA) is 49.4 Å². The van der Waals surface area contributed by atoms with E-state index in [1.165, 1.54) is 63.4 Å². The van der Waals surface area contributed by atoms with E-state index in [4.69, 9.17) is 0 Å². The Kier molecular flexibility index (Phi) is 16.3. The van der Waals surface area contributed by atoms with Crippen molar-refractivity contribution in [3.63, 3.8) is 0 Å². The minimum Gasteiger partial charge on any atom is -0.352 e. The number of nitrogens with zero attached hydrogens (tertiary/aromatic N) is 1. The van der Waals surface area contributed by atoms with Crippen LogP contribution in [0.25, 0.3) is 0 Å². The van der Waals surface area contributed by atoms with Crippen LogP contribution in [0, 0.1) is 12.3 Å². The molecule has 0 spiro atoms. The molecule has 0 unspecified atom stereocenters. The van der Waals surface area contributed by atoms with E-state index in [9.17, 15) is 9.59 Å². The smallest absolute Gasteiger partial charge is 0.251 e. The van der Waals surface area contributed by atoms with Gasteiger partial charge in [0, 0.05) is 31.6 Å². The molecule has 4 heteroatoms. The molecule has 0 bridgehead atoms. The monoisotopic (exact) mass is 497 g/mol. The van der Waals surface area contributed by atoms with Gasteiger partial charge in [0.2, 0.25) is 5.91 Å². The van der Waals surface area contributed by atoms with Crippen LogP contribution in [-0.2, 0) is 11.2 Å². The van der Waals surface area contributed by atoms with Crippen molar-refractivity contribution in [3.05, 3.63) is 41.8 Å². The highest BCUT2D eigenvalue weighted by Crippen LogP contribution is 2.23. The maximum Gasteiger partial charge on any atom is 0.251 e. The van der Waals surface area contributed by atoms with Crippen molar-refractivity contribution in [1.82, 2.24) is 10.2 Å². The van der Waals surface area contributed by atoms with E-state index in [1.807, 2.05) is 12.1 Å². The Bertz CT molecular complexity index is 707. The normalized spacial score (nSPS) is 14.2. The molecule has 1 aliphatic heterocycles. The molecule has 2 rings (SSSR count). The van der Waals surface area contributed by atoms with Gasteiger partial charge in [-0.2, -0.15) is 0 Å². The number of likely N-dealkylation sites (tertiary alicyclic amines) is 1. The zero-order chi connectivity index (χ0) is 25.8. The summed E-state index contributed by atoms with van der Waals surface area (Å²) in [5, 5.41) is 3.08. The number of amides is 2. The first-order valence-corrected chi connectivity index (χ1v) is 15.1. The fourth-order valence-corrected chi connectivity index (χ4v) is 5.08. The molecule has 1 fully saturated rings. The van der Waals surface area contributed by atoms with Crippen molar-refractivity contribution in [1.29, 1.82) is 0 Å². The third kappa shape index (κ3) is 12.9. The highest BCUT2D eigenvalue weighted by Gasteiger charge is 2.22. The second-order valence-corrected chi connectivity index (χ2v) is 10.7. The number of rotatable bonds is 19. The Morgan fingerprint density at radius 2 is 1.36 bits per heavy atom. The molecule has 1 saturated heterocycles. The largest absolute Gasteiger partial charge is 0.352 e. The molecule has 36 heavy (non-hydrogen) atoms. The summed E-state index contributed by atoms with van der Waals surface area (Å²) in [6.07, 6.45) is 22.6. The molecule has 1 radical (unpaired) electrons. The number of piperidine rings is 1. The SMILES string of the molecule is CCCCCCCCCCCCNC(=O)c1ccc(C[CH]C2CCN(C(=O)CCCCC)CC2)cc1. The first kappa shape index (κ1) is 30.4. The van der Waals surface area contributed by atoms with Gasteiger partial charge < -0.3 is 10.2 Å². The van der Waals surface area contributed by atoms with Gasteiger partial charge in [0.1, 0.15) is 0 Å². The fourth-order valence-electron chi connectivity index (χ4n) is 5.08. The minimum absolute atomic E-state index is 0.0393. The van der Waals surface area contributed by atoms with Gasteiger partial charge in [-0.1, -0.05) is 96.6 Å². The highest BCUT2D eigenvalue weighted by molar-refractivity contribution is 5.94. The fraction of sp³-hybridized carbons (Fsp3) is 0.719. The lowest BCUT2D eigenvalue weighted by Crippen LogP contribution is -2.38. The maximum atomic E-state index is 12.4. The summed E-state index contributed by atoms with van der Waals surface area (Å²) < 4.78 is 0. The molecule has 2 amide bonds. The Balaban J connectivity index is 1.52. The Morgan fingerprint density at radius 1 is 0.806 bits per heavy atom. The Morgan fingerprint density at radius 3 is 1.97 bits per heavy atom. The molecule has 1 N–H and O–H groups in total. The van der Waals surface area contributed by atoms with Gasteiger partial charge in [-0.05, 0) is 62.1 Å². The summed E-state index contributed by atoms with van der Waals surface area (Å²) in [4.78, 5) is 26.8. The van der Waals surface area contributed by atoms with Crippen LogP contribution in [0.3, 0.4) is 0 Å². The molecule has 1 aromatic carbocycles. The third-order valence-electron chi connectivity index (χ3n) is 7.61. The predicted octanol–water partition coefficient (Wildman–Crippen LogP) is 7.90. The molecule has 0 aromatic heterocycles. The second kappa shape index (κ2) is 19.3. The van der Waals surface area contributed by atoms with Crippen LogP contribution in [0.2, 0.25) is 0 Å². The van der Waals surface area contributed by atoms with Crippen LogP contribution in [-0.4, -0.2) is 36.3 Å². The molecule has 1 aromatic rings. The lowest BCUT2D eigenvalue weighted by molar-refractivity contribution is -0.132. The molecular formula is C32H53N2O2. The summed E-state index contributed by atoms with van der Waals surface area (Å²) in [5.41, 5.74) is 2.00. The van der Waals surface area contributed by atoms with E-state index in [0.29, 0.717) is 18.2 Å². The summed E-state index contributed by atoms with van der Waals surface area (Å²) in [7, 11) is 0. The van der Waals surface area contributed by atoms with Crippen molar-refractivity contribution >= 4 is 11.8 Å². The Labute approximate surface area is 222 Å². The predicted molar refractivity (Wildman–Crippen MR) is 152 cm³/mol. The van der Waals surface area contributed by atoms with Gasteiger partial charge in [0.15, 0.2) is 0 Å². The summed E-state index contributed by atoms with van der Waals surface area (Å²) in [6.45, 7) is 6.99. The van der Waals surface area contributed by atoms with Crippen molar-refractivity contribution < 1.29 is 9.59 Å². The first-order chi connectivity index (χ1) is 17.6. The third-order valence-corrected chi connectivity index (χ3v) is 7.61. The van der Waals surface area contributed by atoms with Gasteiger partial charge >= 0.3 is 0 Å². The molecule has 1 aliphatic rings. The molecule has 0 saturated carbocycles. The molecule has 0 atom stereocenters. The van der Waals surface area contributed by atoms with E-state index in [0.717, 1.165) is 70.1 Å². The Hall–Kier alpha value is -1.84. The zero-order valence-corrected chi connectivity index (χ0v) is 23.4. The number of carbonyl (C=O) groups excluding carboxylic acids is 2. The summed E-state index contributed by atoms with van der Waals surface area (Å²) in [5.74, 6) is 0.954. The standard InChI is InChI=1S/C32H53N2O2/c1-3-5-7-8-9-10-11-12-13-15-25-33-32(36)30-21-19-28(20-22-30)17-18-29-23-26-34(27-24-29)31(35)16-14-6-4-2/h18-22,29H,3-17,23-27H2,1-2H3,(H,33,36). The molecule has 0 aliphatic carbocycles. The minimum atomic E-state index is 0.0393. The van der Waals surface area contributed by atoms with Crippen molar-refractivity contribution in [3.8, 4) is 0 Å². The van der Waals surface area contributed by atoms with Crippen LogP contribution in [0.15, 0.2) is 24.3 Å². The van der Waals surface area contributed by atoms with Gasteiger partial charge in [-0.25, -0.2) is 0 Å². The molecule has 4 nitrogen and oxygen atoms in total. The average molecular weight is 498 g/mol. The van der Waals surface area contributed by atoms with Gasteiger partial charge in [-0.15, -0.1) is 0 Å². The second-order valence-electron chi connectivity index (χ2n) is 10.7. The van der Waals surface area contributed by atoms with Crippen LogP contribution in [0.5, 0.6) is 0 Å². The van der Waals surface area contributed by atoms with Crippen LogP contribution in [0.4, 0.5) is 0 Å². The lowest BCUT2D eigenvalue weighted by Gasteiger charge is -2.32. The van der Waals surface area contributed by atoms with Gasteiger partial charge in [-0.3, -0.25) is 9.59 Å². The van der Waals surface area contributed by atoms with Gasteiger partial charge in [0.05, 0.1) is 0 Å². The van der Waals surface area contributed by atoms with E-state index >= 15 is 0 Å². The van der Waals surface area contributed by atoms with E-state index in [-0.39, 0.29) is 5.91 Å². The molecular weight excluding hydrogens is 444 g/mol.